The number of nitrogens with zero attached hydrogens (tertiary/aromatic N) is 5. The Morgan fingerprint density at radius 2 is 1.70 bits per heavy atom. The number of hydrogen-bond acceptors (Lipinski definition) is 4. The number of amides is 2. The summed E-state index contributed by atoms with van der Waals surface area (Å²) in [7, 11) is 0. The van der Waals surface area contributed by atoms with Crippen molar-refractivity contribution in [2.45, 2.75) is 20.3 Å². The highest BCUT2D eigenvalue weighted by Crippen LogP contribution is 2.22. The highest BCUT2D eigenvalue weighted by atomic mass is 19.1. The largest absolute Gasteiger partial charge is 0.449 e. The minimum atomic E-state index is -0.342. The molecular weight excluding hydrogens is 425 g/mol. The van der Waals surface area contributed by atoms with E-state index in [1.165, 1.54) is 12.1 Å². The van der Waals surface area contributed by atoms with E-state index in [1.807, 2.05) is 42.9 Å². The van der Waals surface area contributed by atoms with Gasteiger partial charge in [0, 0.05) is 38.6 Å². The van der Waals surface area contributed by atoms with Crippen LogP contribution in [0.3, 0.4) is 0 Å². The van der Waals surface area contributed by atoms with Crippen LogP contribution in [0.1, 0.15) is 30.6 Å². The van der Waals surface area contributed by atoms with Gasteiger partial charge in [-0.25, -0.2) is 13.9 Å². The summed E-state index contributed by atoms with van der Waals surface area (Å²) in [4.78, 5) is 29.3. The first-order chi connectivity index (χ1) is 15.9. The lowest BCUT2D eigenvalue weighted by atomic mass is 10.2. The number of benzene rings is 1. The van der Waals surface area contributed by atoms with E-state index in [2.05, 4.69) is 5.10 Å². The predicted octanol–water partition coefficient (Wildman–Crippen LogP) is 3.74. The van der Waals surface area contributed by atoms with E-state index >= 15 is 0 Å². The smallest absolute Gasteiger partial charge is 0.409 e. The van der Waals surface area contributed by atoms with Gasteiger partial charge in [0.2, 0.25) is 0 Å². The molecule has 0 spiro atoms. The van der Waals surface area contributed by atoms with Crippen LogP contribution in [-0.2, 0) is 4.74 Å². The molecule has 1 fully saturated rings. The molecule has 1 aromatic carbocycles. The molecule has 4 rings (SSSR count). The Labute approximate surface area is 192 Å². The van der Waals surface area contributed by atoms with Crippen LogP contribution in [0.5, 0.6) is 0 Å². The molecule has 3 heterocycles. The van der Waals surface area contributed by atoms with Crippen LogP contribution in [-0.4, -0.2) is 68.9 Å². The van der Waals surface area contributed by atoms with Crippen LogP contribution in [0.25, 0.3) is 11.5 Å². The zero-order valence-electron chi connectivity index (χ0n) is 18.9. The monoisotopic (exact) mass is 453 g/mol. The molecule has 0 unspecified atom stereocenters. The fourth-order valence-electron chi connectivity index (χ4n) is 3.79. The highest BCUT2D eigenvalue weighted by molar-refractivity contribution is 5.97. The first kappa shape index (κ1) is 22.6. The third kappa shape index (κ3) is 5.08. The van der Waals surface area contributed by atoms with Gasteiger partial charge in [0.15, 0.2) is 5.82 Å². The third-order valence-corrected chi connectivity index (χ3v) is 5.48. The van der Waals surface area contributed by atoms with Crippen LogP contribution in [0.4, 0.5) is 9.18 Å². The van der Waals surface area contributed by atoms with Crippen molar-refractivity contribution in [3.05, 3.63) is 66.4 Å². The van der Waals surface area contributed by atoms with E-state index < -0.39 is 0 Å². The second-order valence-electron chi connectivity index (χ2n) is 8.46. The number of rotatable bonds is 5. The SMILES string of the molecule is CC(C)COC(=O)N1CCCN(C(=O)c2cnn(-c3ccc(F)cc3)c2-n2cccc2)CC1. The molecule has 3 aromatic rings. The van der Waals surface area contributed by atoms with Gasteiger partial charge in [0.1, 0.15) is 11.4 Å². The lowest BCUT2D eigenvalue weighted by molar-refractivity contribution is 0.0746. The summed E-state index contributed by atoms with van der Waals surface area (Å²) in [5.74, 6) is 0.341. The summed E-state index contributed by atoms with van der Waals surface area (Å²) in [6, 6.07) is 9.69. The fraction of sp³-hybridized carbons (Fsp3) is 0.375. The molecule has 8 nitrogen and oxygen atoms in total. The molecule has 33 heavy (non-hydrogen) atoms. The molecule has 1 aliphatic rings. The summed E-state index contributed by atoms with van der Waals surface area (Å²) in [6.07, 6.45) is 5.54. The van der Waals surface area contributed by atoms with Gasteiger partial charge in [-0.1, -0.05) is 13.8 Å². The molecule has 0 aliphatic carbocycles. The van der Waals surface area contributed by atoms with Crippen molar-refractivity contribution in [2.75, 3.05) is 32.8 Å². The molecule has 0 bridgehead atoms. The third-order valence-electron chi connectivity index (χ3n) is 5.48. The van der Waals surface area contributed by atoms with Gasteiger partial charge in [-0.05, 0) is 48.7 Å². The van der Waals surface area contributed by atoms with Crippen molar-refractivity contribution in [1.82, 2.24) is 24.1 Å². The van der Waals surface area contributed by atoms with Crippen LogP contribution < -0.4 is 0 Å². The van der Waals surface area contributed by atoms with Gasteiger partial charge in [-0.3, -0.25) is 4.79 Å². The lowest BCUT2D eigenvalue weighted by Crippen LogP contribution is -2.38. The van der Waals surface area contributed by atoms with Crippen molar-refractivity contribution < 1.29 is 18.7 Å². The molecule has 174 valence electrons. The first-order valence-corrected chi connectivity index (χ1v) is 11.1. The van der Waals surface area contributed by atoms with E-state index in [0.29, 0.717) is 56.3 Å². The average Bonchev–Trinajstić information content (AvgIpc) is 3.42. The van der Waals surface area contributed by atoms with E-state index in [0.717, 1.165) is 0 Å². The predicted molar refractivity (Wildman–Crippen MR) is 121 cm³/mol. The van der Waals surface area contributed by atoms with E-state index in [-0.39, 0.29) is 23.7 Å². The van der Waals surface area contributed by atoms with Gasteiger partial charge in [-0.2, -0.15) is 5.10 Å². The summed E-state index contributed by atoms with van der Waals surface area (Å²) in [6.45, 7) is 6.24. The van der Waals surface area contributed by atoms with Gasteiger partial charge >= 0.3 is 6.09 Å². The summed E-state index contributed by atoms with van der Waals surface area (Å²) in [5, 5.41) is 4.44. The molecular formula is C24H28FN5O3. The second kappa shape index (κ2) is 9.89. The van der Waals surface area contributed by atoms with Crippen molar-refractivity contribution in [3.63, 3.8) is 0 Å². The maximum Gasteiger partial charge on any atom is 0.409 e. The van der Waals surface area contributed by atoms with Crippen LogP contribution in [0.15, 0.2) is 55.0 Å². The summed E-state index contributed by atoms with van der Waals surface area (Å²) in [5.41, 5.74) is 1.08. The standard InChI is InChI=1S/C24H28FN5O3/c1-18(2)17-33-24(32)29-13-5-12-28(14-15-29)23(31)21-16-26-30(20-8-6-19(25)7-9-20)22(21)27-10-3-4-11-27/h3-4,6-11,16,18H,5,12-15,17H2,1-2H3. The molecule has 1 aliphatic heterocycles. The van der Waals surface area contributed by atoms with Crippen molar-refractivity contribution in [2.24, 2.45) is 5.92 Å². The summed E-state index contributed by atoms with van der Waals surface area (Å²) >= 11 is 0. The molecule has 9 heteroatoms. The van der Waals surface area contributed by atoms with Crippen LogP contribution in [0, 0.1) is 11.7 Å². The topological polar surface area (TPSA) is 72.6 Å². The van der Waals surface area contributed by atoms with Gasteiger partial charge in [0.05, 0.1) is 18.5 Å². The molecule has 0 atom stereocenters. The number of hydrogen-bond donors (Lipinski definition) is 0. The number of aromatic nitrogens is 3. The Bertz CT molecular complexity index is 1090. The molecule has 0 radical (unpaired) electrons. The molecule has 1 saturated heterocycles. The molecule has 0 saturated carbocycles. The number of carbonyl (C=O) groups is 2. The van der Waals surface area contributed by atoms with Gasteiger partial charge in [0.25, 0.3) is 5.91 Å². The first-order valence-electron chi connectivity index (χ1n) is 11.1. The Balaban J connectivity index is 1.56. The zero-order chi connectivity index (χ0) is 23.4. The van der Waals surface area contributed by atoms with E-state index in [4.69, 9.17) is 4.74 Å². The lowest BCUT2D eigenvalue weighted by Gasteiger charge is -2.22. The maximum absolute atomic E-state index is 13.5. The quantitative estimate of drug-likeness (QED) is 0.590. The maximum atomic E-state index is 13.5. The zero-order valence-corrected chi connectivity index (χ0v) is 18.9. The van der Waals surface area contributed by atoms with E-state index in [9.17, 15) is 14.0 Å². The number of ether oxygens (including phenoxy) is 1. The van der Waals surface area contributed by atoms with Gasteiger partial charge < -0.3 is 19.1 Å². The second-order valence-corrected chi connectivity index (χ2v) is 8.46. The van der Waals surface area contributed by atoms with Crippen molar-refractivity contribution >= 4 is 12.0 Å². The fourth-order valence-corrected chi connectivity index (χ4v) is 3.79. The minimum Gasteiger partial charge on any atom is -0.449 e. The highest BCUT2D eigenvalue weighted by Gasteiger charge is 2.27. The minimum absolute atomic E-state index is 0.163. The van der Waals surface area contributed by atoms with Crippen molar-refractivity contribution in [3.8, 4) is 11.5 Å². The number of carbonyl (C=O) groups excluding carboxylic acids is 2. The summed E-state index contributed by atoms with van der Waals surface area (Å²) < 4.78 is 22.2. The Morgan fingerprint density at radius 1 is 1.03 bits per heavy atom. The normalized spacial score (nSPS) is 14.4. The molecule has 2 amide bonds. The number of halogens is 1. The van der Waals surface area contributed by atoms with Crippen molar-refractivity contribution in [1.29, 1.82) is 0 Å². The van der Waals surface area contributed by atoms with Crippen LogP contribution >= 0.6 is 0 Å². The Morgan fingerprint density at radius 3 is 2.39 bits per heavy atom. The van der Waals surface area contributed by atoms with E-state index in [1.54, 1.807) is 32.8 Å². The molecule has 0 N–H and O–H groups in total. The Hall–Kier alpha value is -3.62. The van der Waals surface area contributed by atoms with Gasteiger partial charge in [-0.15, -0.1) is 0 Å². The Kier molecular flexibility index (Phi) is 6.76. The van der Waals surface area contributed by atoms with Crippen LogP contribution in [0.2, 0.25) is 0 Å². The molecule has 2 aromatic heterocycles. The average molecular weight is 454 g/mol.